The molecule has 2 fully saturated rings. The zero-order valence-electron chi connectivity index (χ0n) is 16.3. The fourth-order valence-corrected chi connectivity index (χ4v) is 4.74. The van der Waals surface area contributed by atoms with Crippen LogP contribution in [0.3, 0.4) is 0 Å². The molecule has 2 amide bonds. The van der Waals surface area contributed by atoms with Gasteiger partial charge in [-0.05, 0) is 32.3 Å². The summed E-state index contributed by atoms with van der Waals surface area (Å²) in [6, 6.07) is 2.45. The van der Waals surface area contributed by atoms with Gasteiger partial charge in [-0.1, -0.05) is 19.3 Å². The second-order valence-electron chi connectivity index (χ2n) is 8.20. The minimum Gasteiger partial charge on any atom is -0.349 e. The maximum atomic E-state index is 12.4. The molecule has 7 heteroatoms. The van der Waals surface area contributed by atoms with Crippen molar-refractivity contribution in [1.29, 1.82) is 0 Å². The van der Waals surface area contributed by atoms with Gasteiger partial charge in [0.1, 0.15) is 6.04 Å². The molecule has 27 heavy (non-hydrogen) atoms. The third-order valence-corrected chi connectivity index (χ3v) is 6.37. The predicted molar refractivity (Wildman–Crippen MR) is 102 cm³/mol. The van der Waals surface area contributed by atoms with Crippen molar-refractivity contribution in [1.82, 2.24) is 24.9 Å². The molecule has 0 aromatic carbocycles. The van der Waals surface area contributed by atoms with Gasteiger partial charge in [0, 0.05) is 32.1 Å². The smallest absolute Gasteiger partial charge is 0.242 e. The minimum absolute atomic E-state index is 0.0814. The van der Waals surface area contributed by atoms with E-state index in [2.05, 4.69) is 26.1 Å². The SMILES string of the molecule is C[C@@H](C(=O)NCc1cc2n(n1)CCN(C1CCCCC1)C2)N1CCCC1=O. The molecular formula is C20H31N5O2. The van der Waals surface area contributed by atoms with Gasteiger partial charge in [-0.3, -0.25) is 19.2 Å². The molecule has 1 aromatic heterocycles. The average Bonchev–Trinajstić information content (AvgIpc) is 3.31. The largest absolute Gasteiger partial charge is 0.349 e. The van der Waals surface area contributed by atoms with Gasteiger partial charge < -0.3 is 10.2 Å². The molecule has 1 aliphatic carbocycles. The molecule has 1 saturated carbocycles. The summed E-state index contributed by atoms with van der Waals surface area (Å²) in [6.45, 7) is 5.87. The normalized spacial score (nSPS) is 22.7. The Morgan fingerprint density at radius 1 is 1.22 bits per heavy atom. The Morgan fingerprint density at radius 2 is 2.04 bits per heavy atom. The van der Waals surface area contributed by atoms with Gasteiger partial charge in [-0.15, -0.1) is 0 Å². The molecule has 148 valence electrons. The van der Waals surface area contributed by atoms with Gasteiger partial charge in [0.05, 0.1) is 24.5 Å². The van der Waals surface area contributed by atoms with Crippen LogP contribution in [0.15, 0.2) is 6.07 Å². The van der Waals surface area contributed by atoms with E-state index in [1.54, 1.807) is 11.8 Å². The van der Waals surface area contributed by atoms with E-state index in [0.717, 1.165) is 37.8 Å². The maximum Gasteiger partial charge on any atom is 0.242 e. The minimum atomic E-state index is -0.404. The Bertz CT molecular complexity index is 695. The van der Waals surface area contributed by atoms with Gasteiger partial charge in [-0.25, -0.2) is 0 Å². The molecule has 1 atom stereocenters. The van der Waals surface area contributed by atoms with Crippen LogP contribution in [-0.2, 0) is 29.2 Å². The number of likely N-dealkylation sites (tertiary alicyclic amines) is 1. The number of carbonyl (C=O) groups is 2. The van der Waals surface area contributed by atoms with Gasteiger partial charge in [0.25, 0.3) is 0 Å². The third-order valence-electron chi connectivity index (χ3n) is 6.37. The van der Waals surface area contributed by atoms with Crippen molar-refractivity contribution >= 4 is 11.8 Å². The number of nitrogens with one attached hydrogen (secondary N) is 1. The zero-order chi connectivity index (χ0) is 18.8. The van der Waals surface area contributed by atoms with Crippen LogP contribution >= 0.6 is 0 Å². The molecule has 1 N–H and O–H groups in total. The summed E-state index contributed by atoms with van der Waals surface area (Å²) in [5, 5.41) is 7.63. The van der Waals surface area contributed by atoms with Crippen LogP contribution in [0.2, 0.25) is 0 Å². The summed E-state index contributed by atoms with van der Waals surface area (Å²) >= 11 is 0. The van der Waals surface area contributed by atoms with E-state index in [0.29, 0.717) is 19.5 Å². The Morgan fingerprint density at radius 3 is 2.78 bits per heavy atom. The van der Waals surface area contributed by atoms with Crippen molar-refractivity contribution in [3.63, 3.8) is 0 Å². The van der Waals surface area contributed by atoms with Crippen molar-refractivity contribution in [2.45, 2.75) is 83.6 Å². The van der Waals surface area contributed by atoms with Crippen molar-refractivity contribution in [3.8, 4) is 0 Å². The van der Waals surface area contributed by atoms with Crippen molar-refractivity contribution < 1.29 is 9.59 Å². The van der Waals surface area contributed by atoms with Crippen LogP contribution in [0.4, 0.5) is 0 Å². The number of hydrogen-bond acceptors (Lipinski definition) is 4. The van der Waals surface area contributed by atoms with E-state index in [1.165, 1.54) is 37.8 Å². The lowest BCUT2D eigenvalue weighted by atomic mass is 9.94. The topological polar surface area (TPSA) is 70.5 Å². The second-order valence-corrected chi connectivity index (χ2v) is 8.20. The van der Waals surface area contributed by atoms with Gasteiger partial charge in [0.2, 0.25) is 11.8 Å². The molecule has 4 rings (SSSR count). The zero-order valence-corrected chi connectivity index (χ0v) is 16.3. The van der Waals surface area contributed by atoms with E-state index >= 15 is 0 Å². The molecule has 3 aliphatic rings. The molecule has 3 heterocycles. The highest BCUT2D eigenvalue weighted by atomic mass is 16.2. The highest BCUT2D eigenvalue weighted by Gasteiger charge is 2.30. The molecule has 0 radical (unpaired) electrons. The van der Waals surface area contributed by atoms with Crippen LogP contribution in [0.25, 0.3) is 0 Å². The summed E-state index contributed by atoms with van der Waals surface area (Å²) in [5.74, 6) is -0.0158. The first kappa shape index (κ1) is 18.5. The number of hydrogen-bond donors (Lipinski definition) is 1. The highest BCUT2D eigenvalue weighted by Crippen LogP contribution is 2.26. The van der Waals surface area contributed by atoms with Crippen molar-refractivity contribution in [2.75, 3.05) is 13.1 Å². The average molecular weight is 374 g/mol. The first-order valence-electron chi connectivity index (χ1n) is 10.5. The van der Waals surface area contributed by atoms with Crippen LogP contribution in [0, 0.1) is 0 Å². The maximum absolute atomic E-state index is 12.4. The summed E-state index contributed by atoms with van der Waals surface area (Å²) in [4.78, 5) is 28.5. The number of nitrogens with zero attached hydrogens (tertiary/aromatic N) is 4. The molecular weight excluding hydrogens is 342 g/mol. The van der Waals surface area contributed by atoms with E-state index < -0.39 is 6.04 Å². The van der Waals surface area contributed by atoms with E-state index in [9.17, 15) is 9.59 Å². The Labute approximate surface area is 161 Å². The van der Waals surface area contributed by atoms with E-state index in [-0.39, 0.29) is 11.8 Å². The molecule has 2 aliphatic heterocycles. The number of rotatable bonds is 5. The van der Waals surface area contributed by atoms with Crippen LogP contribution < -0.4 is 5.32 Å². The number of carbonyl (C=O) groups excluding carboxylic acids is 2. The summed E-state index contributed by atoms with van der Waals surface area (Å²) in [7, 11) is 0. The summed E-state index contributed by atoms with van der Waals surface area (Å²) < 4.78 is 2.09. The first-order chi connectivity index (χ1) is 13.1. The van der Waals surface area contributed by atoms with Gasteiger partial charge in [0.15, 0.2) is 0 Å². The fraction of sp³-hybridized carbons (Fsp3) is 0.750. The molecule has 1 saturated heterocycles. The third kappa shape index (κ3) is 4.03. The molecule has 7 nitrogen and oxygen atoms in total. The van der Waals surface area contributed by atoms with Gasteiger partial charge in [-0.2, -0.15) is 5.10 Å². The molecule has 0 unspecified atom stereocenters. The fourth-order valence-electron chi connectivity index (χ4n) is 4.74. The summed E-state index contributed by atoms with van der Waals surface area (Å²) in [6.07, 6.45) is 8.15. The van der Waals surface area contributed by atoms with Crippen LogP contribution in [0.5, 0.6) is 0 Å². The summed E-state index contributed by atoms with van der Waals surface area (Å²) in [5.41, 5.74) is 2.16. The van der Waals surface area contributed by atoms with E-state index in [4.69, 9.17) is 0 Å². The van der Waals surface area contributed by atoms with Crippen molar-refractivity contribution in [2.24, 2.45) is 0 Å². The predicted octanol–water partition coefficient (Wildman–Crippen LogP) is 1.66. The Hall–Kier alpha value is -1.89. The van der Waals surface area contributed by atoms with Crippen LogP contribution in [0.1, 0.15) is 63.3 Å². The molecule has 0 spiro atoms. The highest BCUT2D eigenvalue weighted by molar-refractivity contribution is 5.88. The van der Waals surface area contributed by atoms with Crippen molar-refractivity contribution in [3.05, 3.63) is 17.5 Å². The van der Waals surface area contributed by atoms with E-state index in [1.807, 2.05) is 0 Å². The monoisotopic (exact) mass is 373 g/mol. The quantitative estimate of drug-likeness (QED) is 0.852. The lowest BCUT2D eigenvalue weighted by molar-refractivity contribution is -0.136. The lowest BCUT2D eigenvalue weighted by Gasteiger charge is -2.36. The first-order valence-corrected chi connectivity index (χ1v) is 10.5. The number of fused-ring (bicyclic) bond motifs is 1. The lowest BCUT2D eigenvalue weighted by Crippen LogP contribution is -2.45. The Kier molecular flexibility index (Phi) is 5.48. The van der Waals surface area contributed by atoms with Gasteiger partial charge >= 0.3 is 0 Å². The number of aromatic nitrogens is 2. The van der Waals surface area contributed by atoms with Crippen LogP contribution in [-0.4, -0.2) is 56.6 Å². The number of amides is 2. The standard InChI is InChI=1S/C20H31N5O2/c1-15(24-9-5-8-19(24)26)20(27)21-13-16-12-18-14-23(10-11-25(18)22-16)17-6-3-2-4-7-17/h12,15,17H,2-11,13-14H2,1H3,(H,21,27)/t15-/m0/s1. The molecule has 1 aromatic rings. The Balaban J connectivity index is 1.31. The second kappa shape index (κ2) is 8.00. The molecule has 0 bridgehead atoms.